The van der Waals surface area contributed by atoms with Crippen molar-refractivity contribution in [2.75, 3.05) is 0 Å². The third-order valence-corrected chi connectivity index (χ3v) is 4.12. The van der Waals surface area contributed by atoms with Gasteiger partial charge < -0.3 is 0 Å². The molecule has 0 saturated carbocycles. The van der Waals surface area contributed by atoms with Gasteiger partial charge in [0.25, 0.3) is 0 Å². The molecule has 2 aromatic carbocycles. The number of benzene rings is 2. The van der Waals surface area contributed by atoms with Gasteiger partial charge in [0.05, 0.1) is 5.02 Å². The smallest absolute Gasteiger partial charge is 0.0618 e. The highest BCUT2D eigenvalue weighted by Crippen LogP contribution is 2.33. The van der Waals surface area contributed by atoms with Gasteiger partial charge in [-0.3, -0.25) is 0 Å². The highest BCUT2D eigenvalue weighted by atomic mass is 127. The van der Waals surface area contributed by atoms with E-state index in [1.54, 1.807) is 0 Å². The molecule has 2 rings (SSSR count). The number of hydrogen-bond acceptors (Lipinski definition) is 0. The van der Waals surface area contributed by atoms with E-state index < -0.39 is 0 Å². The lowest BCUT2D eigenvalue weighted by Crippen LogP contribution is -1.80. The lowest BCUT2D eigenvalue weighted by atomic mass is 10.1. The summed E-state index contributed by atoms with van der Waals surface area (Å²) in [5.74, 6) is 0. The Morgan fingerprint density at radius 2 is 1.77 bits per heavy atom. The van der Waals surface area contributed by atoms with Gasteiger partial charge in [0.1, 0.15) is 0 Å². The van der Waals surface area contributed by atoms with Gasteiger partial charge in [-0.25, -0.2) is 0 Å². The van der Waals surface area contributed by atoms with Crippen LogP contribution in [0.4, 0.5) is 0 Å². The number of hydrogen-bond donors (Lipinski definition) is 0. The van der Waals surface area contributed by atoms with Crippen LogP contribution in [0.3, 0.4) is 0 Å². The molecule has 0 aliphatic heterocycles. The summed E-state index contributed by atoms with van der Waals surface area (Å²) in [7, 11) is 0. The summed E-state index contributed by atoms with van der Waals surface area (Å²) >= 11 is 11.9. The van der Waals surface area contributed by atoms with E-state index in [0.29, 0.717) is 0 Å². The summed E-state index contributed by atoms with van der Waals surface area (Å²) in [6.07, 6.45) is 0. The summed E-state index contributed by atoms with van der Waals surface area (Å²) in [6.45, 7) is 0. The highest BCUT2D eigenvalue weighted by molar-refractivity contribution is 14.1. The van der Waals surface area contributed by atoms with Crippen molar-refractivity contribution in [1.82, 2.24) is 0 Å². The maximum absolute atomic E-state index is 6.17. The van der Waals surface area contributed by atoms with E-state index in [9.17, 15) is 0 Å². The molecular weight excluding hydrogens is 362 g/mol. The molecule has 13 heavy (non-hydrogen) atoms. The van der Waals surface area contributed by atoms with Crippen molar-refractivity contribution in [3.05, 3.63) is 43.4 Å². The highest BCUT2D eigenvalue weighted by Gasteiger charge is 2.05. The lowest BCUT2D eigenvalue weighted by molar-refractivity contribution is 1.66. The Hall–Kier alpha value is 0.200. The Morgan fingerprint density at radius 3 is 2.46 bits per heavy atom. The topological polar surface area (TPSA) is 0 Å². The summed E-state index contributed by atoms with van der Waals surface area (Å²) in [4.78, 5) is 0. The van der Waals surface area contributed by atoms with Crippen molar-refractivity contribution in [2.24, 2.45) is 0 Å². The van der Waals surface area contributed by atoms with Gasteiger partial charge >= 0.3 is 0 Å². The Balaban J connectivity index is 2.97. The molecule has 0 saturated heterocycles. The van der Waals surface area contributed by atoms with Gasteiger partial charge in [-0.1, -0.05) is 51.8 Å². The molecule has 0 heterocycles. The summed E-state index contributed by atoms with van der Waals surface area (Å²) in [6, 6.07) is 10.1. The molecule has 0 spiro atoms. The lowest BCUT2D eigenvalue weighted by Gasteiger charge is -2.04. The summed E-state index contributed by atoms with van der Waals surface area (Å²) in [5, 5.41) is 3.09. The first-order chi connectivity index (χ1) is 6.20. The predicted molar refractivity (Wildman–Crippen MR) is 69.4 cm³/mol. The van der Waals surface area contributed by atoms with Crippen LogP contribution in [0.2, 0.25) is 5.02 Å². The van der Waals surface area contributed by atoms with Crippen molar-refractivity contribution in [2.45, 2.75) is 0 Å². The fourth-order valence-corrected chi connectivity index (χ4v) is 3.09. The standard InChI is InChI=1S/C10H5BrClI/c11-8-5-9(13)10(12)7-4-2-1-3-6(7)8/h1-5H. The fraction of sp³-hybridized carbons (Fsp3) is 0. The molecule has 3 heteroatoms. The van der Waals surface area contributed by atoms with Crippen LogP contribution in [-0.4, -0.2) is 0 Å². The van der Waals surface area contributed by atoms with Crippen molar-refractivity contribution >= 4 is 60.9 Å². The van der Waals surface area contributed by atoms with Gasteiger partial charge in [-0.15, -0.1) is 0 Å². The zero-order valence-electron chi connectivity index (χ0n) is 6.52. The zero-order valence-corrected chi connectivity index (χ0v) is 11.0. The number of halogens is 3. The van der Waals surface area contributed by atoms with Crippen LogP contribution in [0.15, 0.2) is 34.8 Å². The number of rotatable bonds is 0. The largest absolute Gasteiger partial charge is 0.0825 e. The molecule has 0 radical (unpaired) electrons. The first-order valence-corrected chi connectivity index (χ1v) is 5.97. The van der Waals surface area contributed by atoms with Gasteiger partial charge in [-0.05, 0) is 34.0 Å². The number of fused-ring (bicyclic) bond motifs is 1. The Kier molecular flexibility index (Phi) is 2.81. The molecule has 0 N–H and O–H groups in total. The Morgan fingerprint density at radius 1 is 1.15 bits per heavy atom. The van der Waals surface area contributed by atoms with Gasteiger partial charge in [0.15, 0.2) is 0 Å². The van der Waals surface area contributed by atoms with Crippen molar-refractivity contribution in [1.29, 1.82) is 0 Å². The molecule has 0 unspecified atom stereocenters. The molecule has 0 fully saturated rings. The van der Waals surface area contributed by atoms with Crippen LogP contribution >= 0.6 is 50.1 Å². The minimum Gasteiger partial charge on any atom is -0.0825 e. The van der Waals surface area contributed by atoms with Crippen LogP contribution in [0, 0.1) is 3.57 Å². The average molecular weight is 367 g/mol. The van der Waals surface area contributed by atoms with Crippen molar-refractivity contribution < 1.29 is 0 Å². The van der Waals surface area contributed by atoms with E-state index in [2.05, 4.69) is 44.6 Å². The molecule has 0 bridgehead atoms. The molecule has 0 aromatic heterocycles. The van der Waals surface area contributed by atoms with E-state index in [1.165, 1.54) is 0 Å². The second-order valence-electron chi connectivity index (χ2n) is 2.70. The fourth-order valence-electron chi connectivity index (χ4n) is 1.26. The summed E-state index contributed by atoms with van der Waals surface area (Å²) in [5.41, 5.74) is 0. The monoisotopic (exact) mass is 366 g/mol. The normalized spacial score (nSPS) is 10.7. The van der Waals surface area contributed by atoms with E-state index in [0.717, 1.165) is 23.8 Å². The maximum Gasteiger partial charge on any atom is 0.0618 e. The molecule has 66 valence electrons. The predicted octanol–water partition coefficient (Wildman–Crippen LogP) is 4.86. The van der Waals surface area contributed by atoms with Gasteiger partial charge in [0.2, 0.25) is 0 Å². The van der Waals surface area contributed by atoms with Crippen molar-refractivity contribution in [3.8, 4) is 0 Å². The minimum atomic E-state index is 0.833. The third kappa shape index (κ3) is 1.72. The molecular formula is C10H5BrClI. The molecule has 0 aliphatic carbocycles. The first-order valence-electron chi connectivity index (χ1n) is 3.72. The van der Waals surface area contributed by atoms with Crippen LogP contribution in [0.1, 0.15) is 0 Å². The van der Waals surface area contributed by atoms with Crippen LogP contribution in [-0.2, 0) is 0 Å². The van der Waals surface area contributed by atoms with Crippen LogP contribution < -0.4 is 0 Å². The summed E-state index contributed by atoms with van der Waals surface area (Å²) < 4.78 is 2.17. The van der Waals surface area contributed by atoms with Crippen molar-refractivity contribution in [3.63, 3.8) is 0 Å². The quantitative estimate of drug-likeness (QED) is 0.461. The minimum absolute atomic E-state index is 0.833. The SMILES string of the molecule is Clc1c(I)cc(Br)c2ccccc12. The van der Waals surface area contributed by atoms with Crippen LogP contribution in [0.5, 0.6) is 0 Å². The van der Waals surface area contributed by atoms with E-state index in [1.807, 2.05) is 24.3 Å². The molecule has 0 amide bonds. The van der Waals surface area contributed by atoms with Gasteiger partial charge in [0, 0.05) is 13.4 Å². The van der Waals surface area contributed by atoms with E-state index >= 15 is 0 Å². The second-order valence-corrected chi connectivity index (χ2v) is 5.09. The zero-order chi connectivity index (χ0) is 9.42. The Labute approximate surface area is 104 Å². The average Bonchev–Trinajstić information content (AvgIpc) is 2.15. The molecule has 2 aromatic rings. The third-order valence-electron chi connectivity index (χ3n) is 1.88. The van der Waals surface area contributed by atoms with Gasteiger partial charge in [-0.2, -0.15) is 0 Å². The van der Waals surface area contributed by atoms with Crippen LogP contribution in [0.25, 0.3) is 10.8 Å². The maximum atomic E-state index is 6.17. The van der Waals surface area contributed by atoms with E-state index in [-0.39, 0.29) is 0 Å². The Bertz CT molecular complexity index is 468. The molecule has 0 aliphatic rings. The second kappa shape index (κ2) is 3.75. The molecule has 0 atom stereocenters. The molecule has 0 nitrogen and oxygen atoms in total. The first kappa shape index (κ1) is 9.74. The van der Waals surface area contributed by atoms with E-state index in [4.69, 9.17) is 11.6 Å².